The van der Waals surface area contributed by atoms with Crippen LogP contribution in [0.1, 0.15) is 66.6 Å². The normalized spacial score (nSPS) is 13.6. The highest BCUT2D eigenvalue weighted by molar-refractivity contribution is 6.13. The fourth-order valence-corrected chi connectivity index (χ4v) is 12.1. The molecule has 2 heterocycles. The monoisotopic (exact) mass is 892 g/mol. The smallest absolute Gasteiger partial charge is 0.212 e. The summed E-state index contributed by atoms with van der Waals surface area (Å²) in [6.07, 6.45) is 0. The molecule has 70 heavy (non-hydrogen) atoms. The van der Waals surface area contributed by atoms with Crippen LogP contribution in [0.3, 0.4) is 0 Å². The van der Waals surface area contributed by atoms with E-state index < -0.39 is 0 Å². The fourth-order valence-electron chi connectivity index (χ4n) is 12.1. The molecule has 2 aliphatic carbocycles. The molecule has 2 aliphatic rings. The molecule has 326 valence electrons. The van der Waals surface area contributed by atoms with E-state index in [1.54, 1.807) is 0 Å². The van der Waals surface area contributed by atoms with E-state index in [0.29, 0.717) is 44.9 Å². The van der Waals surface area contributed by atoms with Crippen molar-refractivity contribution >= 4 is 49.3 Å². The van der Waals surface area contributed by atoms with Gasteiger partial charge in [-0.3, -0.25) is 0 Å². The summed E-state index contributed by atoms with van der Waals surface area (Å²) >= 11 is 0. The average Bonchev–Trinajstić information content (AvgIpc) is 4.04. The number of nitriles is 3. The van der Waals surface area contributed by atoms with Gasteiger partial charge < -0.3 is 9.13 Å². The van der Waals surface area contributed by atoms with E-state index in [9.17, 15) is 15.8 Å². The molecule has 6 nitrogen and oxygen atoms in total. The summed E-state index contributed by atoms with van der Waals surface area (Å²) in [4.78, 5) is 4.11. The van der Waals surface area contributed by atoms with Crippen LogP contribution in [0.2, 0.25) is 0 Å². The minimum atomic E-state index is -0.244. The Kier molecular flexibility index (Phi) is 8.46. The van der Waals surface area contributed by atoms with Gasteiger partial charge in [-0.25, -0.2) is 4.85 Å². The predicted molar refractivity (Wildman–Crippen MR) is 282 cm³/mol. The van der Waals surface area contributed by atoms with Gasteiger partial charge in [-0.15, -0.1) is 0 Å². The van der Waals surface area contributed by atoms with Crippen LogP contribution < -0.4 is 0 Å². The number of para-hydroxylation sites is 2. The van der Waals surface area contributed by atoms with Crippen molar-refractivity contribution in [1.29, 1.82) is 15.8 Å². The maximum atomic E-state index is 11.0. The standard InChI is InChI=1S/C64H40N6/c1-63(2)52-21-10-6-17-44(52)48-30-50-46-19-8-12-23-57(46)69(59(50)32-54(48)63)61-41(34-65)26-39(27-42(61)35-66)37-15-14-16-38(25-37)40-28-43(36-67)62(56(29-40)68-5)70-58-24-13-9-20-47(58)51-31-49-45-18-7-11-22-53(45)64(3,4)55(49)33-60(51)70/h6-33H,1-4H3. The Morgan fingerprint density at radius 1 is 0.386 bits per heavy atom. The van der Waals surface area contributed by atoms with Gasteiger partial charge in [0.05, 0.1) is 62.8 Å². The van der Waals surface area contributed by atoms with Gasteiger partial charge in [-0.2, -0.15) is 15.8 Å². The molecular weight excluding hydrogens is 853 g/mol. The molecule has 6 heteroatoms. The fraction of sp³-hybridized carbons (Fsp3) is 0.0938. The van der Waals surface area contributed by atoms with Gasteiger partial charge in [0, 0.05) is 32.4 Å². The van der Waals surface area contributed by atoms with Crippen LogP contribution in [0.5, 0.6) is 0 Å². The largest absolute Gasteiger partial charge is 0.318 e. The first kappa shape index (κ1) is 40.8. The van der Waals surface area contributed by atoms with Crippen LogP contribution in [0, 0.1) is 40.6 Å². The molecule has 0 atom stereocenters. The van der Waals surface area contributed by atoms with E-state index in [2.05, 4.69) is 157 Å². The summed E-state index contributed by atoms with van der Waals surface area (Å²) in [7, 11) is 0. The molecule has 0 amide bonds. The number of benzene rings is 9. The maximum absolute atomic E-state index is 11.0. The SMILES string of the molecule is [C-]#[N+]c1cc(-c2cccc(-c3cc(C#N)c(-n4c5ccccc5c5cc6c(cc54)C(C)(C)c4ccccc4-6)c(C#N)c3)c2)cc(C#N)c1-n1c2ccccc2c2cc3c(cc21)C(C)(C)c1ccccc1-3. The number of aromatic nitrogens is 2. The van der Waals surface area contributed by atoms with Gasteiger partial charge in [0.1, 0.15) is 12.1 Å². The minimum Gasteiger partial charge on any atom is -0.318 e. The Hall–Kier alpha value is -9.46. The average molecular weight is 893 g/mol. The second kappa shape index (κ2) is 14.5. The summed E-state index contributed by atoms with van der Waals surface area (Å²) in [5.74, 6) is 0. The van der Waals surface area contributed by atoms with Crippen LogP contribution in [0.15, 0.2) is 170 Å². The minimum absolute atomic E-state index is 0.240. The summed E-state index contributed by atoms with van der Waals surface area (Å²) in [6, 6.07) is 65.5. The van der Waals surface area contributed by atoms with Gasteiger partial charge in [0.25, 0.3) is 0 Å². The van der Waals surface area contributed by atoms with E-state index in [0.717, 1.165) is 54.7 Å². The molecular formula is C64H40N6. The molecule has 0 spiro atoms. The van der Waals surface area contributed by atoms with Crippen molar-refractivity contribution in [2.24, 2.45) is 0 Å². The van der Waals surface area contributed by atoms with Crippen molar-refractivity contribution in [3.8, 4) is 74.1 Å². The Morgan fingerprint density at radius 2 is 0.814 bits per heavy atom. The molecule has 9 aromatic carbocycles. The zero-order chi connectivity index (χ0) is 47.8. The van der Waals surface area contributed by atoms with Crippen LogP contribution in [-0.4, -0.2) is 9.13 Å². The third-order valence-corrected chi connectivity index (χ3v) is 15.4. The molecule has 0 aliphatic heterocycles. The second-order valence-electron chi connectivity index (χ2n) is 19.7. The van der Waals surface area contributed by atoms with Crippen LogP contribution in [0.4, 0.5) is 5.69 Å². The summed E-state index contributed by atoms with van der Waals surface area (Å²) in [6.45, 7) is 17.6. The first-order valence-corrected chi connectivity index (χ1v) is 23.5. The lowest BCUT2D eigenvalue weighted by Crippen LogP contribution is -2.15. The Balaban J connectivity index is 0.949. The van der Waals surface area contributed by atoms with E-state index in [1.165, 1.54) is 44.5 Å². The third-order valence-electron chi connectivity index (χ3n) is 15.4. The summed E-state index contributed by atoms with van der Waals surface area (Å²) in [5, 5.41) is 37.1. The number of nitrogens with zero attached hydrogens (tertiary/aromatic N) is 6. The van der Waals surface area contributed by atoms with Gasteiger partial charge >= 0.3 is 0 Å². The van der Waals surface area contributed by atoms with Crippen molar-refractivity contribution in [3.63, 3.8) is 0 Å². The van der Waals surface area contributed by atoms with Crippen LogP contribution >= 0.6 is 0 Å². The quantitative estimate of drug-likeness (QED) is 0.165. The van der Waals surface area contributed by atoms with E-state index in [-0.39, 0.29) is 10.8 Å². The number of rotatable bonds is 4. The topological polar surface area (TPSA) is 85.6 Å². The lowest BCUT2D eigenvalue weighted by molar-refractivity contribution is 0.661. The third kappa shape index (κ3) is 5.45. The van der Waals surface area contributed by atoms with Gasteiger partial charge in [-0.1, -0.05) is 131 Å². The molecule has 0 unspecified atom stereocenters. The van der Waals surface area contributed by atoms with Crippen molar-refractivity contribution in [1.82, 2.24) is 9.13 Å². The first-order chi connectivity index (χ1) is 34.0. The first-order valence-electron chi connectivity index (χ1n) is 23.5. The molecule has 0 N–H and O–H groups in total. The van der Waals surface area contributed by atoms with Crippen LogP contribution in [-0.2, 0) is 10.8 Å². The number of fused-ring (bicyclic) bond motifs is 12. The van der Waals surface area contributed by atoms with Crippen molar-refractivity contribution in [2.45, 2.75) is 38.5 Å². The predicted octanol–water partition coefficient (Wildman–Crippen LogP) is 16.0. The van der Waals surface area contributed by atoms with Gasteiger partial charge in [0.15, 0.2) is 0 Å². The van der Waals surface area contributed by atoms with E-state index >= 15 is 0 Å². The van der Waals surface area contributed by atoms with Crippen molar-refractivity contribution in [2.75, 3.05) is 0 Å². The lowest BCUT2D eigenvalue weighted by atomic mass is 9.82. The molecule has 13 rings (SSSR count). The highest BCUT2D eigenvalue weighted by Crippen LogP contribution is 2.53. The highest BCUT2D eigenvalue weighted by Gasteiger charge is 2.38. The summed E-state index contributed by atoms with van der Waals surface area (Å²) < 4.78 is 4.21. The van der Waals surface area contributed by atoms with Crippen molar-refractivity contribution in [3.05, 3.63) is 220 Å². The summed E-state index contributed by atoms with van der Waals surface area (Å²) in [5.41, 5.74) is 18.7. The Labute approximate surface area is 405 Å². The number of hydrogen-bond acceptors (Lipinski definition) is 3. The lowest BCUT2D eigenvalue weighted by Gasteiger charge is -2.22. The van der Waals surface area contributed by atoms with Gasteiger partial charge in [0.2, 0.25) is 5.69 Å². The molecule has 0 bridgehead atoms. The zero-order valence-corrected chi connectivity index (χ0v) is 38.8. The zero-order valence-electron chi connectivity index (χ0n) is 38.8. The second-order valence-corrected chi connectivity index (χ2v) is 19.7. The molecule has 0 saturated heterocycles. The highest BCUT2D eigenvalue weighted by atomic mass is 15.0. The molecule has 0 fully saturated rings. The van der Waals surface area contributed by atoms with Gasteiger partial charge in [-0.05, 0) is 133 Å². The molecule has 11 aromatic rings. The Morgan fingerprint density at radius 3 is 1.30 bits per heavy atom. The van der Waals surface area contributed by atoms with E-state index in [4.69, 9.17) is 6.57 Å². The Bertz CT molecular complexity index is 4010. The number of hydrogen-bond donors (Lipinski definition) is 0. The molecule has 0 saturated carbocycles. The molecule has 0 radical (unpaired) electrons. The maximum Gasteiger partial charge on any atom is 0.212 e. The van der Waals surface area contributed by atoms with Crippen LogP contribution in [0.25, 0.3) is 104 Å². The van der Waals surface area contributed by atoms with E-state index in [1.807, 2.05) is 72.8 Å². The van der Waals surface area contributed by atoms with Crippen molar-refractivity contribution < 1.29 is 0 Å². The molecule has 2 aromatic heterocycles.